The number of nitrogens with one attached hydrogen (secondary N) is 3. The lowest BCUT2D eigenvalue weighted by molar-refractivity contribution is -0.116. The van der Waals surface area contributed by atoms with Crippen molar-refractivity contribution in [2.24, 2.45) is 4.99 Å². The second kappa shape index (κ2) is 9.22. The Labute approximate surface area is 160 Å². The van der Waals surface area contributed by atoms with Gasteiger partial charge in [0, 0.05) is 45.3 Å². The second-order valence-electron chi connectivity index (χ2n) is 6.31. The summed E-state index contributed by atoms with van der Waals surface area (Å²) >= 11 is 0. The first kappa shape index (κ1) is 20.7. The van der Waals surface area contributed by atoms with Gasteiger partial charge in [0.1, 0.15) is 0 Å². The van der Waals surface area contributed by atoms with Gasteiger partial charge in [-0.1, -0.05) is 18.2 Å². The van der Waals surface area contributed by atoms with E-state index in [2.05, 4.69) is 27.0 Å². The number of fused-ring (bicyclic) bond motifs is 1. The molecule has 1 aliphatic heterocycles. The van der Waals surface area contributed by atoms with Crippen molar-refractivity contribution in [2.75, 3.05) is 32.6 Å². The lowest BCUT2D eigenvalue weighted by Gasteiger charge is -2.27. The van der Waals surface area contributed by atoms with Crippen molar-refractivity contribution in [1.82, 2.24) is 10.6 Å². The zero-order chi connectivity index (χ0) is 16.9. The average Bonchev–Trinajstić information content (AvgIpc) is 2.54. The number of methoxy groups -OCH3 is 1. The van der Waals surface area contributed by atoms with Gasteiger partial charge >= 0.3 is 0 Å². The van der Waals surface area contributed by atoms with Crippen LogP contribution in [0.25, 0.3) is 0 Å². The van der Waals surface area contributed by atoms with Crippen molar-refractivity contribution in [3.05, 3.63) is 29.8 Å². The van der Waals surface area contributed by atoms with Crippen LogP contribution in [0.15, 0.2) is 29.3 Å². The third kappa shape index (κ3) is 5.62. The molecule has 2 rings (SSSR count). The minimum Gasteiger partial charge on any atom is -0.377 e. The van der Waals surface area contributed by atoms with Gasteiger partial charge in [-0.2, -0.15) is 0 Å². The number of nitrogens with zero attached hydrogens (tertiary/aromatic N) is 1. The maximum absolute atomic E-state index is 11.8. The van der Waals surface area contributed by atoms with E-state index >= 15 is 0 Å². The number of rotatable bonds is 5. The van der Waals surface area contributed by atoms with Crippen LogP contribution in [-0.4, -0.2) is 44.7 Å². The molecule has 0 saturated heterocycles. The number of guanidine groups is 1. The molecule has 1 unspecified atom stereocenters. The number of hydrogen-bond donors (Lipinski definition) is 3. The van der Waals surface area contributed by atoms with E-state index in [-0.39, 0.29) is 41.4 Å². The average molecular weight is 446 g/mol. The van der Waals surface area contributed by atoms with Crippen LogP contribution in [0.5, 0.6) is 0 Å². The molecule has 3 N–H and O–H groups in total. The molecule has 0 aliphatic carbocycles. The van der Waals surface area contributed by atoms with Crippen LogP contribution >= 0.6 is 24.0 Å². The van der Waals surface area contributed by atoms with E-state index in [9.17, 15) is 4.79 Å². The maximum Gasteiger partial charge on any atom is 0.225 e. The van der Waals surface area contributed by atoms with Crippen molar-refractivity contribution < 1.29 is 9.53 Å². The predicted octanol–water partition coefficient (Wildman–Crippen LogP) is 2.32. The highest BCUT2D eigenvalue weighted by molar-refractivity contribution is 14.0. The fourth-order valence-electron chi connectivity index (χ4n) is 2.49. The van der Waals surface area contributed by atoms with Gasteiger partial charge in [0.05, 0.1) is 5.60 Å². The molecule has 6 nitrogen and oxygen atoms in total. The number of carbonyl (C=O) groups excluding carboxylic acids is 1. The largest absolute Gasteiger partial charge is 0.377 e. The Kier molecular flexibility index (Phi) is 7.95. The van der Waals surface area contributed by atoms with E-state index in [0.29, 0.717) is 25.5 Å². The van der Waals surface area contributed by atoms with Gasteiger partial charge in [0.2, 0.25) is 5.91 Å². The molecule has 134 valence electrons. The fraction of sp³-hybridized carbons (Fsp3) is 0.529. The van der Waals surface area contributed by atoms with Gasteiger partial charge in [0.15, 0.2) is 5.96 Å². The van der Waals surface area contributed by atoms with Crippen LogP contribution in [0.2, 0.25) is 0 Å². The molecule has 24 heavy (non-hydrogen) atoms. The molecular formula is C17H27IN4O2. The fourth-order valence-corrected chi connectivity index (χ4v) is 2.49. The molecule has 7 heteroatoms. The van der Waals surface area contributed by atoms with E-state index < -0.39 is 0 Å². The molecule has 1 aromatic rings. The van der Waals surface area contributed by atoms with Crippen LogP contribution in [0.4, 0.5) is 5.69 Å². The molecule has 0 spiro atoms. The number of carbonyl (C=O) groups is 1. The minimum absolute atomic E-state index is 0. The zero-order valence-electron chi connectivity index (χ0n) is 14.7. The highest BCUT2D eigenvalue weighted by Gasteiger charge is 2.25. The van der Waals surface area contributed by atoms with Crippen LogP contribution in [0, 0.1) is 0 Å². The van der Waals surface area contributed by atoms with Gasteiger partial charge in [-0.15, -0.1) is 24.0 Å². The number of halogens is 1. The maximum atomic E-state index is 11.8. The van der Waals surface area contributed by atoms with Gasteiger partial charge in [-0.05, 0) is 25.5 Å². The van der Waals surface area contributed by atoms with Gasteiger partial charge in [-0.3, -0.25) is 9.79 Å². The summed E-state index contributed by atoms with van der Waals surface area (Å²) in [5.41, 5.74) is 1.79. The summed E-state index contributed by atoms with van der Waals surface area (Å²) in [4.78, 5) is 16.1. The van der Waals surface area contributed by atoms with Crippen LogP contribution in [0.1, 0.15) is 31.7 Å². The summed E-state index contributed by atoms with van der Waals surface area (Å²) in [6, 6.07) is 7.93. The third-order valence-electron chi connectivity index (χ3n) is 4.08. The molecule has 0 bridgehead atoms. The van der Waals surface area contributed by atoms with Crippen LogP contribution in [-0.2, 0) is 9.53 Å². The van der Waals surface area contributed by atoms with Gasteiger partial charge < -0.3 is 20.7 Å². The first-order valence-electron chi connectivity index (χ1n) is 7.83. The lowest BCUT2D eigenvalue weighted by Crippen LogP contribution is -2.46. The predicted molar refractivity (Wildman–Crippen MR) is 108 cm³/mol. The molecular weight excluding hydrogens is 419 g/mol. The standard InChI is InChI=1S/C17H26N4O2.HI/c1-17(2,23-4)11-20-16(18-3)19-10-12-9-15(22)21-14-8-6-5-7-13(12)14;/h5-8,12H,9-11H2,1-4H3,(H,21,22)(H2,18,19,20);1H. The normalized spacial score (nSPS) is 17.4. The summed E-state index contributed by atoms with van der Waals surface area (Å²) in [7, 11) is 3.42. The van der Waals surface area contributed by atoms with E-state index in [1.807, 2.05) is 32.0 Å². The van der Waals surface area contributed by atoms with Crippen LogP contribution in [0.3, 0.4) is 0 Å². The van der Waals surface area contributed by atoms with Crippen molar-refractivity contribution in [2.45, 2.75) is 31.8 Å². The Morgan fingerprint density at radius 2 is 2.08 bits per heavy atom. The van der Waals surface area contributed by atoms with E-state index in [0.717, 1.165) is 11.3 Å². The number of amides is 1. The van der Waals surface area contributed by atoms with Gasteiger partial charge in [0.25, 0.3) is 0 Å². The highest BCUT2D eigenvalue weighted by Crippen LogP contribution is 2.31. The Hall–Kier alpha value is -1.35. The second-order valence-corrected chi connectivity index (χ2v) is 6.31. The van der Waals surface area contributed by atoms with E-state index in [4.69, 9.17) is 4.74 Å². The SMILES string of the molecule is CN=C(NCC1CC(=O)Nc2ccccc21)NCC(C)(C)OC.I. The molecule has 1 aromatic carbocycles. The molecule has 0 aromatic heterocycles. The van der Waals surface area contributed by atoms with Crippen molar-refractivity contribution in [1.29, 1.82) is 0 Å². The first-order valence-corrected chi connectivity index (χ1v) is 7.83. The Morgan fingerprint density at radius 3 is 2.75 bits per heavy atom. The molecule has 0 saturated carbocycles. The number of hydrogen-bond acceptors (Lipinski definition) is 3. The van der Waals surface area contributed by atoms with Crippen molar-refractivity contribution >= 4 is 41.5 Å². The molecule has 1 atom stereocenters. The summed E-state index contributed by atoms with van der Waals surface area (Å²) < 4.78 is 5.39. The van der Waals surface area contributed by atoms with E-state index in [1.54, 1.807) is 14.2 Å². The first-order chi connectivity index (χ1) is 10.9. The molecule has 1 amide bonds. The number of anilines is 1. The number of benzene rings is 1. The Bertz CT molecular complexity index is 590. The monoisotopic (exact) mass is 446 g/mol. The van der Waals surface area contributed by atoms with Crippen molar-refractivity contribution in [3.63, 3.8) is 0 Å². The zero-order valence-corrected chi connectivity index (χ0v) is 17.0. The summed E-state index contributed by atoms with van der Waals surface area (Å²) in [5, 5.41) is 9.46. The summed E-state index contributed by atoms with van der Waals surface area (Å²) in [6.45, 7) is 5.31. The lowest BCUT2D eigenvalue weighted by atomic mass is 9.90. The topological polar surface area (TPSA) is 74.8 Å². The quantitative estimate of drug-likeness (QED) is 0.369. The third-order valence-corrected chi connectivity index (χ3v) is 4.08. The molecule has 0 fully saturated rings. The number of ether oxygens (including phenoxy) is 1. The number of para-hydroxylation sites is 1. The summed E-state index contributed by atoms with van der Waals surface area (Å²) in [5.74, 6) is 0.895. The molecule has 1 aliphatic rings. The minimum atomic E-state index is -0.269. The number of aliphatic imine (C=N–C) groups is 1. The summed E-state index contributed by atoms with van der Waals surface area (Å²) in [6.07, 6.45) is 0.477. The highest BCUT2D eigenvalue weighted by atomic mass is 127. The van der Waals surface area contributed by atoms with Crippen LogP contribution < -0.4 is 16.0 Å². The molecule has 0 radical (unpaired) electrons. The van der Waals surface area contributed by atoms with E-state index in [1.165, 1.54) is 0 Å². The van der Waals surface area contributed by atoms with Gasteiger partial charge in [-0.25, -0.2) is 0 Å². The molecule has 1 heterocycles. The van der Waals surface area contributed by atoms with Crippen molar-refractivity contribution in [3.8, 4) is 0 Å². The Morgan fingerprint density at radius 1 is 1.38 bits per heavy atom. The Balaban J connectivity index is 0.00000288. The smallest absolute Gasteiger partial charge is 0.225 e.